The molecule has 0 aliphatic carbocycles. The third kappa shape index (κ3) is 6.14. The van der Waals surface area contributed by atoms with Gasteiger partial charge in [-0.3, -0.25) is 14.4 Å². The number of thioether (sulfide) groups is 1. The molecule has 0 saturated carbocycles. The van der Waals surface area contributed by atoms with Gasteiger partial charge in [0.1, 0.15) is 0 Å². The second kappa shape index (κ2) is 7.80. The number of halogens is 3. The second-order valence-electron chi connectivity index (χ2n) is 4.18. The van der Waals surface area contributed by atoms with Crippen LogP contribution in [-0.4, -0.2) is 28.6 Å². The lowest BCUT2D eigenvalue weighted by atomic mass is 10.0. The number of carbonyl (C=O) groups is 3. The Morgan fingerprint density at radius 1 is 1.14 bits per heavy atom. The summed E-state index contributed by atoms with van der Waals surface area (Å²) in [5.74, 6) is 2.86. The van der Waals surface area contributed by atoms with Gasteiger partial charge in [0.25, 0.3) is 0 Å². The zero-order chi connectivity index (χ0) is 16.8. The van der Waals surface area contributed by atoms with Crippen LogP contribution in [0.1, 0.15) is 29.3 Å². The van der Waals surface area contributed by atoms with Gasteiger partial charge in [-0.05, 0) is 12.1 Å². The molecule has 1 rings (SSSR count). The molecule has 0 heterocycles. The quantitative estimate of drug-likeness (QED) is 0.484. The largest absolute Gasteiger partial charge is 0.450 e. The summed E-state index contributed by atoms with van der Waals surface area (Å²) in [6.07, 6.45) is -6.21. The Kier molecular flexibility index (Phi) is 6.38. The monoisotopic (exact) mass is 328 g/mol. The van der Waals surface area contributed by atoms with Gasteiger partial charge in [0.15, 0.2) is 10.9 Å². The first-order valence-corrected chi connectivity index (χ1v) is 7.04. The van der Waals surface area contributed by atoms with Crippen molar-refractivity contribution in [2.75, 3.05) is 5.75 Å². The van der Waals surface area contributed by atoms with E-state index in [0.29, 0.717) is 11.3 Å². The van der Waals surface area contributed by atoms with Crippen LogP contribution in [0.2, 0.25) is 0 Å². The SMILES string of the molecule is CC(=O)SCC#Cc1ccc(C(=O)CC(=O)C(F)(F)F)cc1. The smallest absolute Gasteiger partial charge is 0.294 e. The molecule has 0 fully saturated rings. The molecule has 0 N–H and O–H groups in total. The fourth-order valence-electron chi connectivity index (χ4n) is 1.36. The first kappa shape index (κ1) is 18.0. The molecule has 0 aromatic heterocycles. The molecule has 0 atom stereocenters. The van der Waals surface area contributed by atoms with Gasteiger partial charge in [0.2, 0.25) is 5.78 Å². The standard InChI is InChI=1S/C15H11F3O3S/c1-10(19)22-8-2-3-11-4-6-12(7-5-11)13(20)9-14(21)15(16,17)18/h4-7H,8-9H2,1H3. The summed E-state index contributed by atoms with van der Waals surface area (Å²) in [5.41, 5.74) is 0.573. The van der Waals surface area contributed by atoms with Gasteiger partial charge in [-0.15, -0.1) is 0 Å². The van der Waals surface area contributed by atoms with E-state index in [4.69, 9.17) is 0 Å². The number of benzene rings is 1. The van der Waals surface area contributed by atoms with Crippen LogP contribution in [0, 0.1) is 11.8 Å². The summed E-state index contributed by atoms with van der Waals surface area (Å²) in [5, 5.41) is -0.0513. The maximum absolute atomic E-state index is 12.1. The van der Waals surface area contributed by atoms with E-state index in [1.54, 1.807) is 0 Å². The van der Waals surface area contributed by atoms with E-state index in [2.05, 4.69) is 11.8 Å². The highest BCUT2D eigenvalue weighted by atomic mass is 32.2. The Hall–Kier alpha value is -2.07. The molecule has 0 unspecified atom stereocenters. The predicted molar refractivity (Wildman–Crippen MR) is 76.5 cm³/mol. The van der Waals surface area contributed by atoms with Crippen LogP contribution in [-0.2, 0) is 9.59 Å². The van der Waals surface area contributed by atoms with Crippen molar-refractivity contribution in [1.82, 2.24) is 0 Å². The van der Waals surface area contributed by atoms with Gasteiger partial charge < -0.3 is 0 Å². The van der Waals surface area contributed by atoms with Crippen LogP contribution in [0.5, 0.6) is 0 Å². The molecule has 0 aliphatic rings. The molecule has 0 radical (unpaired) electrons. The molecule has 3 nitrogen and oxygen atoms in total. The molecule has 22 heavy (non-hydrogen) atoms. The second-order valence-corrected chi connectivity index (χ2v) is 5.33. The Labute approximate surface area is 129 Å². The van der Waals surface area contributed by atoms with E-state index in [0.717, 1.165) is 11.8 Å². The maximum Gasteiger partial charge on any atom is 0.450 e. The van der Waals surface area contributed by atoms with Crippen molar-refractivity contribution in [2.45, 2.75) is 19.5 Å². The van der Waals surface area contributed by atoms with Crippen LogP contribution in [0.15, 0.2) is 24.3 Å². The molecule has 7 heteroatoms. The highest BCUT2D eigenvalue weighted by Crippen LogP contribution is 2.19. The summed E-state index contributed by atoms with van der Waals surface area (Å²) in [6.45, 7) is 1.43. The number of hydrogen-bond donors (Lipinski definition) is 0. The van der Waals surface area contributed by atoms with Gasteiger partial charge in [0, 0.05) is 18.1 Å². The summed E-state index contributed by atoms with van der Waals surface area (Å²) in [7, 11) is 0. The van der Waals surface area contributed by atoms with Crippen LogP contribution < -0.4 is 0 Å². The predicted octanol–water partition coefficient (Wildman–Crippen LogP) is 3.02. The van der Waals surface area contributed by atoms with Crippen molar-refractivity contribution in [3.8, 4) is 11.8 Å². The number of carbonyl (C=O) groups excluding carboxylic acids is 3. The normalized spacial score (nSPS) is 10.5. The third-order valence-electron chi connectivity index (χ3n) is 2.42. The van der Waals surface area contributed by atoms with Crippen LogP contribution in [0.25, 0.3) is 0 Å². The molecule has 0 spiro atoms. The van der Waals surface area contributed by atoms with Crippen LogP contribution in [0.4, 0.5) is 13.2 Å². The molecule has 0 amide bonds. The van der Waals surface area contributed by atoms with Gasteiger partial charge in [0.05, 0.1) is 12.2 Å². The highest BCUT2D eigenvalue weighted by Gasteiger charge is 2.39. The Morgan fingerprint density at radius 3 is 2.23 bits per heavy atom. The molecule has 1 aromatic rings. The molecule has 116 valence electrons. The van der Waals surface area contributed by atoms with E-state index in [1.165, 1.54) is 31.2 Å². The van der Waals surface area contributed by atoms with Crippen molar-refractivity contribution >= 4 is 28.4 Å². The zero-order valence-corrected chi connectivity index (χ0v) is 12.3. The lowest BCUT2D eigenvalue weighted by Gasteiger charge is -2.04. The van der Waals surface area contributed by atoms with Crippen LogP contribution in [0.3, 0.4) is 0 Å². The summed E-state index contributed by atoms with van der Waals surface area (Å²) in [4.78, 5) is 33.0. The van der Waals surface area contributed by atoms with Gasteiger partial charge in [-0.25, -0.2) is 0 Å². The van der Waals surface area contributed by atoms with Crippen molar-refractivity contribution in [2.24, 2.45) is 0 Å². The van der Waals surface area contributed by atoms with Crippen molar-refractivity contribution in [1.29, 1.82) is 0 Å². The van der Waals surface area contributed by atoms with Crippen LogP contribution >= 0.6 is 11.8 Å². The Balaban J connectivity index is 2.66. The van der Waals surface area contributed by atoms with E-state index >= 15 is 0 Å². The number of rotatable bonds is 4. The molecule has 0 saturated heterocycles. The Morgan fingerprint density at radius 2 is 1.73 bits per heavy atom. The van der Waals surface area contributed by atoms with Gasteiger partial charge in [-0.1, -0.05) is 35.7 Å². The van der Waals surface area contributed by atoms with E-state index < -0.39 is 24.2 Å². The average molecular weight is 328 g/mol. The zero-order valence-electron chi connectivity index (χ0n) is 11.5. The van der Waals surface area contributed by atoms with Crippen molar-refractivity contribution < 1.29 is 27.6 Å². The minimum absolute atomic E-state index is 0.0151. The molecule has 1 aromatic carbocycles. The minimum atomic E-state index is -5.00. The number of ketones is 2. The average Bonchev–Trinajstić information content (AvgIpc) is 2.43. The lowest BCUT2D eigenvalue weighted by molar-refractivity contribution is -0.170. The Bertz CT molecular complexity index is 637. The molecule has 0 bridgehead atoms. The minimum Gasteiger partial charge on any atom is -0.294 e. The highest BCUT2D eigenvalue weighted by molar-refractivity contribution is 8.13. The van der Waals surface area contributed by atoms with E-state index in [1.807, 2.05) is 0 Å². The van der Waals surface area contributed by atoms with Crippen molar-refractivity contribution in [3.05, 3.63) is 35.4 Å². The van der Waals surface area contributed by atoms with E-state index in [9.17, 15) is 27.6 Å². The number of Topliss-reactive ketones (excluding diaryl/α,β-unsaturated/α-hetero) is 2. The molecule has 0 aliphatic heterocycles. The number of alkyl halides is 3. The van der Waals surface area contributed by atoms with E-state index in [-0.39, 0.29) is 10.7 Å². The van der Waals surface area contributed by atoms with Gasteiger partial charge in [-0.2, -0.15) is 13.2 Å². The summed E-state index contributed by atoms with van der Waals surface area (Å²) < 4.78 is 36.2. The lowest BCUT2D eigenvalue weighted by Crippen LogP contribution is -2.25. The molecular formula is C15H11F3O3S. The van der Waals surface area contributed by atoms with Crippen molar-refractivity contribution in [3.63, 3.8) is 0 Å². The number of hydrogen-bond acceptors (Lipinski definition) is 4. The maximum atomic E-state index is 12.1. The fourth-order valence-corrected chi connectivity index (χ4v) is 1.71. The third-order valence-corrected chi connectivity index (χ3v) is 3.12. The first-order chi connectivity index (χ1) is 10.2. The first-order valence-electron chi connectivity index (χ1n) is 6.05. The topological polar surface area (TPSA) is 51.2 Å². The fraction of sp³-hybridized carbons (Fsp3) is 0.267. The summed E-state index contributed by atoms with van der Waals surface area (Å²) >= 11 is 1.06. The summed E-state index contributed by atoms with van der Waals surface area (Å²) in [6, 6.07) is 5.57. The molecular weight excluding hydrogens is 317 g/mol. The van der Waals surface area contributed by atoms with Gasteiger partial charge >= 0.3 is 6.18 Å².